The maximum absolute atomic E-state index is 13.1. The van der Waals surface area contributed by atoms with Crippen molar-refractivity contribution < 1.29 is 39.6 Å². The van der Waals surface area contributed by atoms with Crippen LogP contribution in [-0.2, 0) is 32.0 Å². The summed E-state index contributed by atoms with van der Waals surface area (Å²) in [6.45, 7) is 0.282. The molecule has 0 aromatic heterocycles. The highest BCUT2D eigenvalue weighted by molar-refractivity contribution is 5.94. The number of nitrogens with two attached hydrogens (primary N) is 1. The highest BCUT2D eigenvalue weighted by Crippen LogP contribution is 2.12. The van der Waals surface area contributed by atoms with Crippen LogP contribution in [0.25, 0.3) is 0 Å². The van der Waals surface area contributed by atoms with Gasteiger partial charge in [0, 0.05) is 6.42 Å². The molecule has 37 heavy (non-hydrogen) atoms. The normalized spacial score (nSPS) is 14.9. The molecule has 0 heterocycles. The molecule has 0 aliphatic carbocycles. The predicted molar refractivity (Wildman–Crippen MR) is 132 cm³/mol. The minimum Gasteiger partial charge on any atom is -0.508 e. The largest absolute Gasteiger partial charge is 0.508 e. The van der Waals surface area contributed by atoms with Gasteiger partial charge in [0.15, 0.2) is 6.04 Å². The van der Waals surface area contributed by atoms with Crippen molar-refractivity contribution in [2.75, 3.05) is 6.61 Å². The van der Waals surface area contributed by atoms with Gasteiger partial charge < -0.3 is 42.1 Å². The number of nitrogens with one attached hydrogen (secondary N) is 3. The number of amides is 3. The van der Waals surface area contributed by atoms with E-state index >= 15 is 0 Å². The molecule has 2 rings (SSSR count). The van der Waals surface area contributed by atoms with E-state index in [0.717, 1.165) is 12.5 Å². The minimum atomic E-state index is -1.66. The van der Waals surface area contributed by atoms with Gasteiger partial charge in [0.1, 0.15) is 17.8 Å². The van der Waals surface area contributed by atoms with Gasteiger partial charge in [-0.25, -0.2) is 4.79 Å². The molecule has 12 nitrogen and oxygen atoms in total. The van der Waals surface area contributed by atoms with Gasteiger partial charge in [-0.15, -0.1) is 0 Å². The van der Waals surface area contributed by atoms with Gasteiger partial charge >= 0.3 is 5.97 Å². The summed E-state index contributed by atoms with van der Waals surface area (Å²) < 4.78 is 0. The van der Waals surface area contributed by atoms with Crippen molar-refractivity contribution >= 4 is 23.7 Å². The molecule has 9 N–H and O–H groups in total. The number of phenols is 1. The molecule has 0 aliphatic heterocycles. The fourth-order valence-electron chi connectivity index (χ4n) is 3.43. The molecule has 5 unspecified atom stereocenters. The average molecular weight is 517 g/mol. The first-order valence-electron chi connectivity index (χ1n) is 11.5. The van der Waals surface area contributed by atoms with Crippen molar-refractivity contribution in [3.05, 3.63) is 65.7 Å². The van der Waals surface area contributed by atoms with E-state index in [2.05, 4.69) is 16.0 Å². The van der Waals surface area contributed by atoms with E-state index in [1.165, 1.54) is 12.1 Å². The number of carboxylic acids is 1. The Kier molecular flexibility index (Phi) is 11.0. The lowest BCUT2D eigenvalue weighted by Crippen LogP contribution is -2.59. The monoisotopic (exact) mass is 516 g/mol. The summed E-state index contributed by atoms with van der Waals surface area (Å²) >= 11 is 0. The molecule has 0 spiro atoms. The molecule has 0 bridgehead atoms. The third-order valence-corrected chi connectivity index (χ3v) is 5.51. The summed E-state index contributed by atoms with van der Waals surface area (Å²) in [5.41, 5.74) is 7.42. The van der Waals surface area contributed by atoms with Gasteiger partial charge in [-0.2, -0.15) is 0 Å². The SMILES string of the molecule is CC(O)C(NC(=O)C(CO)NC(=O)C(Cc1ccc(O)cc1)NC(=O)C(N)Cc1ccccc1)C(=O)O. The van der Waals surface area contributed by atoms with Crippen molar-refractivity contribution in [2.24, 2.45) is 5.73 Å². The summed E-state index contributed by atoms with van der Waals surface area (Å²) in [5, 5.41) is 44.8. The molecule has 2 aromatic carbocycles. The second-order valence-corrected chi connectivity index (χ2v) is 8.54. The molecule has 200 valence electrons. The second-order valence-electron chi connectivity index (χ2n) is 8.54. The van der Waals surface area contributed by atoms with Gasteiger partial charge in [0.2, 0.25) is 17.7 Å². The Hall–Kier alpha value is -4.00. The number of benzene rings is 2. The van der Waals surface area contributed by atoms with Crippen molar-refractivity contribution in [1.82, 2.24) is 16.0 Å². The number of aliphatic hydroxyl groups is 2. The van der Waals surface area contributed by atoms with E-state index in [0.29, 0.717) is 5.56 Å². The maximum atomic E-state index is 13.1. The van der Waals surface area contributed by atoms with Crippen LogP contribution in [0.5, 0.6) is 5.75 Å². The van der Waals surface area contributed by atoms with E-state index in [9.17, 15) is 34.5 Å². The third-order valence-electron chi connectivity index (χ3n) is 5.51. The molecule has 0 saturated carbocycles. The number of hydrogen-bond donors (Lipinski definition) is 8. The number of aliphatic hydroxyl groups excluding tert-OH is 2. The van der Waals surface area contributed by atoms with Crippen LogP contribution in [0.3, 0.4) is 0 Å². The summed E-state index contributed by atoms with van der Waals surface area (Å²) in [6, 6.07) is 9.47. The van der Waals surface area contributed by atoms with E-state index in [1.54, 1.807) is 36.4 Å². The fraction of sp³-hybridized carbons (Fsp3) is 0.360. The third kappa shape index (κ3) is 9.18. The first-order valence-corrected chi connectivity index (χ1v) is 11.5. The number of aromatic hydroxyl groups is 1. The molecule has 12 heteroatoms. The lowest BCUT2D eigenvalue weighted by molar-refractivity contribution is -0.145. The lowest BCUT2D eigenvalue weighted by atomic mass is 10.0. The quantitative estimate of drug-likeness (QED) is 0.154. The Morgan fingerprint density at radius 3 is 1.89 bits per heavy atom. The number of hydrogen-bond acceptors (Lipinski definition) is 8. The molecule has 3 amide bonds. The van der Waals surface area contributed by atoms with Gasteiger partial charge in [-0.05, 0) is 36.6 Å². The molecular weight excluding hydrogens is 484 g/mol. The van der Waals surface area contributed by atoms with Crippen LogP contribution in [0.1, 0.15) is 18.1 Å². The fourth-order valence-corrected chi connectivity index (χ4v) is 3.43. The standard InChI is InChI=1S/C25H32N4O8/c1-14(31)21(25(36)37)29-24(35)20(13-30)28-23(34)19(12-16-7-9-17(32)10-8-16)27-22(33)18(26)11-15-5-3-2-4-6-15/h2-10,14,18-21,30-32H,11-13,26H2,1H3,(H,27,33)(H,28,34)(H,29,35)(H,36,37). The number of aliphatic carboxylic acids is 1. The number of rotatable bonds is 13. The highest BCUT2D eigenvalue weighted by Gasteiger charge is 2.31. The Balaban J connectivity index is 2.17. The molecule has 0 saturated heterocycles. The van der Waals surface area contributed by atoms with Crippen molar-refractivity contribution in [3.63, 3.8) is 0 Å². The molecular formula is C25H32N4O8. The smallest absolute Gasteiger partial charge is 0.328 e. The van der Waals surface area contributed by atoms with E-state index in [4.69, 9.17) is 10.8 Å². The number of carbonyl (C=O) groups is 4. The molecule has 5 atom stereocenters. The predicted octanol–water partition coefficient (Wildman–Crippen LogP) is -1.58. The van der Waals surface area contributed by atoms with Crippen LogP contribution in [0.2, 0.25) is 0 Å². The Bertz CT molecular complexity index is 1060. The molecule has 0 aliphatic rings. The van der Waals surface area contributed by atoms with Gasteiger partial charge in [-0.3, -0.25) is 14.4 Å². The zero-order valence-electron chi connectivity index (χ0n) is 20.2. The Morgan fingerprint density at radius 2 is 1.35 bits per heavy atom. The van der Waals surface area contributed by atoms with Gasteiger partial charge in [0.05, 0.1) is 18.8 Å². The first-order chi connectivity index (χ1) is 17.5. The Labute approximate surface area is 213 Å². The topological polar surface area (TPSA) is 211 Å². The number of carbonyl (C=O) groups excluding carboxylic acids is 3. The van der Waals surface area contributed by atoms with Gasteiger partial charge in [0.25, 0.3) is 0 Å². The van der Waals surface area contributed by atoms with Crippen LogP contribution < -0.4 is 21.7 Å². The summed E-state index contributed by atoms with van der Waals surface area (Å²) in [5.74, 6) is -4.02. The van der Waals surface area contributed by atoms with Crippen LogP contribution in [-0.4, -0.2) is 81.0 Å². The van der Waals surface area contributed by atoms with Crippen molar-refractivity contribution in [1.29, 1.82) is 0 Å². The molecule has 0 radical (unpaired) electrons. The Morgan fingerprint density at radius 1 is 0.811 bits per heavy atom. The first kappa shape index (κ1) is 29.2. The van der Waals surface area contributed by atoms with E-state index in [1.807, 2.05) is 6.07 Å². The summed E-state index contributed by atoms with van der Waals surface area (Å²) in [6.07, 6.45) is -1.28. The highest BCUT2D eigenvalue weighted by atomic mass is 16.4. The maximum Gasteiger partial charge on any atom is 0.328 e. The van der Waals surface area contributed by atoms with Crippen LogP contribution in [0, 0.1) is 0 Å². The zero-order chi connectivity index (χ0) is 27.5. The van der Waals surface area contributed by atoms with E-state index in [-0.39, 0.29) is 18.6 Å². The summed E-state index contributed by atoms with van der Waals surface area (Å²) in [7, 11) is 0. The zero-order valence-corrected chi connectivity index (χ0v) is 20.2. The summed E-state index contributed by atoms with van der Waals surface area (Å²) in [4.78, 5) is 49.6. The second kappa shape index (κ2) is 13.9. The minimum absolute atomic E-state index is 0.00165. The number of phenolic OH excluding ortho intramolecular Hbond substituents is 1. The van der Waals surface area contributed by atoms with Crippen LogP contribution >= 0.6 is 0 Å². The average Bonchev–Trinajstić information content (AvgIpc) is 2.86. The lowest BCUT2D eigenvalue weighted by Gasteiger charge is -2.25. The van der Waals surface area contributed by atoms with Crippen molar-refractivity contribution in [3.8, 4) is 5.75 Å². The molecule has 0 fully saturated rings. The van der Waals surface area contributed by atoms with Crippen LogP contribution in [0.4, 0.5) is 0 Å². The van der Waals surface area contributed by atoms with Gasteiger partial charge in [-0.1, -0.05) is 42.5 Å². The van der Waals surface area contributed by atoms with E-state index < -0.39 is 60.6 Å². The number of carboxylic acid groups (broad SMARTS) is 1. The van der Waals surface area contributed by atoms with Crippen LogP contribution in [0.15, 0.2) is 54.6 Å². The van der Waals surface area contributed by atoms with Crippen molar-refractivity contribution in [2.45, 2.75) is 50.0 Å². The molecule has 2 aromatic rings.